The van der Waals surface area contributed by atoms with Crippen molar-refractivity contribution in [3.05, 3.63) is 28.8 Å². The number of rotatable bonds is 4. The summed E-state index contributed by atoms with van der Waals surface area (Å²) in [6.45, 7) is -0.878. The van der Waals surface area contributed by atoms with Crippen molar-refractivity contribution in [1.82, 2.24) is 0 Å². The van der Waals surface area contributed by atoms with Gasteiger partial charge in [0.25, 0.3) is 6.43 Å². The van der Waals surface area contributed by atoms with E-state index in [0.29, 0.717) is 10.6 Å². The molecule has 0 aliphatic heterocycles. The average molecular weight is 223 g/mol. The maximum absolute atomic E-state index is 11.8. The van der Waals surface area contributed by atoms with E-state index in [0.717, 1.165) is 0 Å². The summed E-state index contributed by atoms with van der Waals surface area (Å²) >= 11 is 5.67. The molecular formula is C9H9ClF2O2. The SMILES string of the molecule is OCc1cc(Cl)cc(OCC(F)F)c1. The summed E-state index contributed by atoms with van der Waals surface area (Å²) in [5.74, 6) is 0.238. The van der Waals surface area contributed by atoms with Gasteiger partial charge in [0, 0.05) is 5.02 Å². The van der Waals surface area contributed by atoms with E-state index in [1.807, 2.05) is 0 Å². The molecule has 0 aliphatic carbocycles. The minimum absolute atomic E-state index is 0.203. The van der Waals surface area contributed by atoms with E-state index in [4.69, 9.17) is 21.4 Å². The van der Waals surface area contributed by atoms with E-state index in [-0.39, 0.29) is 12.4 Å². The second-order valence-electron chi connectivity index (χ2n) is 2.66. The van der Waals surface area contributed by atoms with Gasteiger partial charge in [-0.25, -0.2) is 8.78 Å². The van der Waals surface area contributed by atoms with E-state index >= 15 is 0 Å². The number of benzene rings is 1. The monoisotopic (exact) mass is 222 g/mol. The Hall–Kier alpha value is -0.870. The smallest absolute Gasteiger partial charge is 0.272 e. The number of aliphatic hydroxyl groups is 1. The summed E-state index contributed by atoms with van der Waals surface area (Å²) < 4.78 is 28.3. The van der Waals surface area contributed by atoms with Crippen LogP contribution in [-0.2, 0) is 6.61 Å². The largest absolute Gasteiger partial charge is 0.488 e. The van der Waals surface area contributed by atoms with Gasteiger partial charge >= 0.3 is 0 Å². The lowest BCUT2D eigenvalue weighted by Gasteiger charge is -2.07. The highest BCUT2D eigenvalue weighted by Crippen LogP contribution is 2.21. The maximum atomic E-state index is 11.8. The molecule has 0 unspecified atom stereocenters. The molecule has 0 saturated carbocycles. The molecule has 14 heavy (non-hydrogen) atoms. The Bertz CT molecular complexity index is 305. The molecule has 1 aromatic rings. The molecule has 5 heteroatoms. The van der Waals surface area contributed by atoms with Crippen LogP contribution >= 0.6 is 11.6 Å². The third-order valence-electron chi connectivity index (χ3n) is 1.49. The first kappa shape index (κ1) is 11.2. The number of hydrogen-bond donors (Lipinski definition) is 1. The van der Waals surface area contributed by atoms with Crippen molar-refractivity contribution in [3.63, 3.8) is 0 Å². The second-order valence-corrected chi connectivity index (χ2v) is 3.09. The van der Waals surface area contributed by atoms with E-state index in [9.17, 15) is 8.78 Å². The molecule has 0 aromatic heterocycles. The van der Waals surface area contributed by atoms with Crippen molar-refractivity contribution >= 4 is 11.6 Å². The fraction of sp³-hybridized carbons (Fsp3) is 0.333. The van der Waals surface area contributed by atoms with Crippen LogP contribution in [0.5, 0.6) is 5.75 Å². The van der Waals surface area contributed by atoms with Gasteiger partial charge in [-0.1, -0.05) is 11.6 Å². The lowest BCUT2D eigenvalue weighted by Crippen LogP contribution is -2.07. The topological polar surface area (TPSA) is 29.5 Å². The Morgan fingerprint density at radius 3 is 2.64 bits per heavy atom. The lowest BCUT2D eigenvalue weighted by molar-refractivity contribution is 0.0818. The molecule has 0 atom stereocenters. The second kappa shape index (κ2) is 5.12. The molecule has 0 aliphatic rings. The minimum Gasteiger partial charge on any atom is -0.488 e. The van der Waals surface area contributed by atoms with Crippen molar-refractivity contribution in [3.8, 4) is 5.75 Å². The van der Waals surface area contributed by atoms with Gasteiger partial charge in [0.15, 0.2) is 0 Å². The van der Waals surface area contributed by atoms with Crippen molar-refractivity contribution < 1.29 is 18.6 Å². The number of halogens is 3. The lowest BCUT2D eigenvalue weighted by atomic mass is 10.2. The Labute approximate surface area is 85.1 Å². The van der Waals surface area contributed by atoms with Crippen LogP contribution in [0.1, 0.15) is 5.56 Å². The molecule has 0 spiro atoms. The summed E-state index contributed by atoms with van der Waals surface area (Å²) in [6, 6.07) is 4.42. The summed E-state index contributed by atoms with van der Waals surface area (Å²) in [5, 5.41) is 9.15. The first-order valence-electron chi connectivity index (χ1n) is 3.93. The molecule has 0 heterocycles. The van der Waals surface area contributed by atoms with Crippen LogP contribution in [0.2, 0.25) is 5.02 Å². The summed E-state index contributed by atoms with van der Waals surface area (Å²) in [5.41, 5.74) is 0.529. The molecule has 0 saturated heterocycles. The molecule has 78 valence electrons. The zero-order chi connectivity index (χ0) is 10.6. The first-order chi connectivity index (χ1) is 6.61. The molecule has 0 fully saturated rings. The molecular weight excluding hydrogens is 214 g/mol. The van der Waals surface area contributed by atoms with Crippen LogP contribution in [-0.4, -0.2) is 18.1 Å². The highest BCUT2D eigenvalue weighted by atomic mass is 35.5. The number of alkyl halides is 2. The summed E-state index contributed by atoms with van der Waals surface area (Å²) in [4.78, 5) is 0. The molecule has 0 radical (unpaired) electrons. The Kier molecular flexibility index (Phi) is 4.10. The van der Waals surface area contributed by atoms with Gasteiger partial charge in [-0.3, -0.25) is 0 Å². The van der Waals surface area contributed by atoms with E-state index in [1.54, 1.807) is 0 Å². The van der Waals surface area contributed by atoms with Gasteiger partial charge in [-0.05, 0) is 23.8 Å². The fourth-order valence-corrected chi connectivity index (χ4v) is 1.20. The number of hydrogen-bond acceptors (Lipinski definition) is 2. The third kappa shape index (κ3) is 3.47. The molecule has 0 bridgehead atoms. The van der Waals surface area contributed by atoms with E-state index in [2.05, 4.69) is 0 Å². The normalized spacial score (nSPS) is 10.6. The zero-order valence-corrected chi connectivity index (χ0v) is 7.97. The molecule has 2 nitrogen and oxygen atoms in total. The van der Waals surface area contributed by atoms with Crippen molar-refractivity contribution in [1.29, 1.82) is 0 Å². The van der Waals surface area contributed by atoms with Gasteiger partial charge in [0.2, 0.25) is 0 Å². The highest BCUT2D eigenvalue weighted by Gasteiger charge is 2.05. The molecule has 0 amide bonds. The fourth-order valence-electron chi connectivity index (χ4n) is 0.955. The molecule has 1 rings (SSSR count). The standard InChI is InChI=1S/C9H9ClF2O2/c10-7-1-6(4-13)2-8(3-7)14-5-9(11)12/h1-3,9,13H,4-5H2. The quantitative estimate of drug-likeness (QED) is 0.848. The van der Waals surface area contributed by atoms with Gasteiger partial charge in [-0.2, -0.15) is 0 Å². The zero-order valence-electron chi connectivity index (χ0n) is 7.21. The van der Waals surface area contributed by atoms with Crippen LogP contribution in [0.25, 0.3) is 0 Å². The van der Waals surface area contributed by atoms with Crippen molar-refractivity contribution in [2.24, 2.45) is 0 Å². The van der Waals surface area contributed by atoms with Crippen LogP contribution in [0, 0.1) is 0 Å². The predicted octanol–water partition coefficient (Wildman–Crippen LogP) is 2.48. The number of ether oxygens (including phenoxy) is 1. The summed E-state index contributed by atoms with van der Waals surface area (Å²) in [6.07, 6.45) is -2.52. The average Bonchev–Trinajstić information content (AvgIpc) is 2.14. The highest BCUT2D eigenvalue weighted by molar-refractivity contribution is 6.30. The van der Waals surface area contributed by atoms with Gasteiger partial charge in [0.05, 0.1) is 6.61 Å². The Balaban J connectivity index is 2.71. The van der Waals surface area contributed by atoms with E-state index in [1.165, 1.54) is 18.2 Å². The van der Waals surface area contributed by atoms with Crippen LogP contribution in [0.15, 0.2) is 18.2 Å². The predicted molar refractivity (Wildman–Crippen MR) is 48.9 cm³/mol. The molecule has 1 aromatic carbocycles. The van der Waals surface area contributed by atoms with Crippen molar-refractivity contribution in [2.45, 2.75) is 13.0 Å². The first-order valence-corrected chi connectivity index (χ1v) is 4.31. The maximum Gasteiger partial charge on any atom is 0.272 e. The molecule has 1 N–H and O–H groups in total. The summed E-state index contributed by atoms with van der Waals surface area (Å²) in [7, 11) is 0. The van der Waals surface area contributed by atoms with Gasteiger partial charge < -0.3 is 9.84 Å². The van der Waals surface area contributed by atoms with Gasteiger partial charge in [0.1, 0.15) is 12.4 Å². The van der Waals surface area contributed by atoms with Crippen LogP contribution < -0.4 is 4.74 Å². The van der Waals surface area contributed by atoms with E-state index < -0.39 is 13.0 Å². The Morgan fingerprint density at radius 2 is 2.07 bits per heavy atom. The Morgan fingerprint density at radius 1 is 1.36 bits per heavy atom. The number of aliphatic hydroxyl groups excluding tert-OH is 1. The minimum atomic E-state index is -2.52. The van der Waals surface area contributed by atoms with Gasteiger partial charge in [-0.15, -0.1) is 0 Å². The van der Waals surface area contributed by atoms with Crippen molar-refractivity contribution in [2.75, 3.05) is 6.61 Å². The third-order valence-corrected chi connectivity index (χ3v) is 1.71. The van der Waals surface area contributed by atoms with Crippen LogP contribution in [0.4, 0.5) is 8.78 Å². The van der Waals surface area contributed by atoms with Crippen LogP contribution in [0.3, 0.4) is 0 Å².